The highest BCUT2D eigenvalue weighted by atomic mass is 32.2. The Kier molecular flexibility index (Phi) is 3.59. The lowest BCUT2D eigenvalue weighted by molar-refractivity contribution is 0.414. The Morgan fingerprint density at radius 2 is 1.73 bits per heavy atom. The molecule has 0 spiro atoms. The van der Waals surface area contributed by atoms with Gasteiger partial charge in [-0.2, -0.15) is 0 Å². The van der Waals surface area contributed by atoms with Gasteiger partial charge in [-0.1, -0.05) is 30.3 Å². The summed E-state index contributed by atoms with van der Waals surface area (Å²) in [5.74, 6) is 3.26. The van der Waals surface area contributed by atoms with Crippen molar-refractivity contribution in [2.24, 2.45) is 0 Å². The van der Waals surface area contributed by atoms with Gasteiger partial charge < -0.3 is 9.72 Å². The van der Waals surface area contributed by atoms with Gasteiger partial charge in [-0.25, -0.2) is 0 Å². The summed E-state index contributed by atoms with van der Waals surface area (Å²) in [7, 11) is 1.71. The lowest BCUT2D eigenvalue weighted by Gasteiger charge is -2.28. The van der Waals surface area contributed by atoms with Crippen LogP contribution in [0.5, 0.6) is 5.75 Å². The summed E-state index contributed by atoms with van der Waals surface area (Å²) in [4.78, 5) is 3.43. The monoisotopic (exact) mass is 327 g/mol. The van der Waals surface area contributed by atoms with Crippen molar-refractivity contribution in [3.63, 3.8) is 0 Å². The second kappa shape index (κ2) is 5.60. The van der Waals surface area contributed by atoms with Crippen LogP contribution in [-0.2, 0) is 4.08 Å². The zero-order valence-corrected chi connectivity index (χ0v) is 14.0. The van der Waals surface area contributed by atoms with Gasteiger partial charge >= 0.3 is 0 Å². The van der Waals surface area contributed by atoms with E-state index in [4.69, 9.17) is 4.74 Å². The molecule has 0 radical (unpaired) electrons. The molecule has 0 saturated carbocycles. The molecule has 2 heterocycles. The van der Waals surface area contributed by atoms with Gasteiger partial charge in [0.1, 0.15) is 9.83 Å². The minimum atomic E-state index is -0.0219. The van der Waals surface area contributed by atoms with Gasteiger partial charge in [0, 0.05) is 34.2 Å². The summed E-state index contributed by atoms with van der Waals surface area (Å²) in [5, 5.41) is 1.32. The molecule has 22 heavy (non-hydrogen) atoms. The average molecular weight is 327 g/mol. The van der Waals surface area contributed by atoms with Crippen LogP contribution in [0.3, 0.4) is 0 Å². The highest BCUT2D eigenvalue weighted by Gasteiger charge is 2.40. The molecule has 0 amide bonds. The molecule has 2 nitrogen and oxygen atoms in total. The lowest BCUT2D eigenvalue weighted by atomic mass is 10.0. The highest BCUT2D eigenvalue weighted by molar-refractivity contribution is 8.20. The van der Waals surface area contributed by atoms with Gasteiger partial charge in [0.25, 0.3) is 0 Å². The maximum Gasteiger partial charge on any atom is 0.118 e. The maximum absolute atomic E-state index is 5.31. The van der Waals surface area contributed by atoms with Crippen molar-refractivity contribution in [2.45, 2.75) is 4.08 Å². The summed E-state index contributed by atoms with van der Waals surface area (Å²) in [6.45, 7) is 0. The number of fused-ring (bicyclic) bond motifs is 1. The van der Waals surface area contributed by atoms with Crippen molar-refractivity contribution in [1.82, 2.24) is 4.98 Å². The first kappa shape index (κ1) is 14.1. The van der Waals surface area contributed by atoms with Crippen molar-refractivity contribution in [3.05, 3.63) is 65.9 Å². The predicted molar refractivity (Wildman–Crippen MR) is 97.0 cm³/mol. The van der Waals surface area contributed by atoms with E-state index < -0.39 is 0 Å². The van der Waals surface area contributed by atoms with Crippen LogP contribution in [0.4, 0.5) is 0 Å². The maximum atomic E-state index is 5.31. The van der Waals surface area contributed by atoms with E-state index in [1.807, 2.05) is 23.5 Å². The summed E-state index contributed by atoms with van der Waals surface area (Å²) >= 11 is 4.06. The first-order valence-electron chi connectivity index (χ1n) is 7.32. The van der Waals surface area contributed by atoms with Crippen LogP contribution in [0.2, 0.25) is 0 Å². The Morgan fingerprint density at radius 1 is 1.00 bits per heavy atom. The Balaban J connectivity index is 1.89. The first-order chi connectivity index (χ1) is 10.8. The minimum Gasteiger partial charge on any atom is -0.497 e. The summed E-state index contributed by atoms with van der Waals surface area (Å²) in [6, 6.07) is 17.1. The molecule has 4 rings (SSSR count). The van der Waals surface area contributed by atoms with Gasteiger partial charge in [-0.3, -0.25) is 0 Å². The van der Waals surface area contributed by atoms with Crippen molar-refractivity contribution in [3.8, 4) is 5.75 Å². The standard InChI is InChI=1S/C18H17NOS2/c1-20-14-8-6-13(7-9-14)18(21-10-11-22-18)16-12-19-17-5-3-2-4-15(16)17/h2-9,12,19H,10-11H2,1H3. The zero-order valence-electron chi connectivity index (χ0n) is 12.3. The van der Waals surface area contributed by atoms with Gasteiger partial charge in [-0.05, 0) is 23.8 Å². The summed E-state index contributed by atoms with van der Waals surface area (Å²) in [5.41, 5.74) is 3.92. The molecule has 2 aromatic carbocycles. The fourth-order valence-electron chi connectivity index (χ4n) is 3.04. The Morgan fingerprint density at radius 3 is 2.45 bits per heavy atom. The number of nitrogens with one attached hydrogen (secondary N) is 1. The van der Waals surface area contributed by atoms with E-state index in [0.29, 0.717) is 0 Å². The van der Waals surface area contributed by atoms with E-state index in [0.717, 1.165) is 5.75 Å². The molecule has 3 aromatic rings. The molecular formula is C18H17NOS2. The van der Waals surface area contributed by atoms with E-state index in [1.165, 1.54) is 33.5 Å². The van der Waals surface area contributed by atoms with Gasteiger partial charge in [-0.15, -0.1) is 23.5 Å². The SMILES string of the molecule is COc1ccc(C2(c3c[nH]c4ccccc34)SCCS2)cc1. The van der Waals surface area contributed by atoms with E-state index in [-0.39, 0.29) is 4.08 Å². The normalized spacial score (nSPS) is 17.0. The molecule has 1 fully saturated rings. The van der Waals surface area contributed by atoms with Crippen LogP contribution in [0.25, 0.3) is 10.9 Å². The van der Waals surface area contributed by atoms with E-state index in [2.05, 4.69) is 59.7 Å². The number of H-pyrrole nitrogens is 1. The Hall–Kier alpha value is -1.52. The molecule has 0 atom stereocenters. The second-order valence-corrected chi connectivity index (χ2v) is 8.17. The molecule has 112 valence electrons. The number of hydrogen-bond donors (Lipinski definition) is 1. The lowest BCUT2D eigenvalue weighted by Crippen LogP contribution is -2.15. The molecule has 0 aliphatic carbocycles. The average Bonchev–Trinajstić information content (AvgIpc) is 3.22. The van der Waals surface area contributed by atoms with E-state index in [9.17, 15) is 0 Å². The molecule has 1 aliphatic heterocycles. The molecule has 1 N–H and O–H groups in total. The Labute approximate surface area is 138 Å². The quantitative estimate of drug-likeness (QED) is 0.744. The van der Waals surface area contributed by atoms with Crippen LogP contribution >= 0.6 is 23.5 Å². The third-order valence-electron chi connectivity index (χ3n) is 4.11. The fourth-order valence-corrected chi connectivity index (χ4v) is 6.37. The summed E-state index contributed by atoms with van der Waals surface area (Å²) < 4.78 is 5.28. The number of aromatic nitrogens is 1. The largest absolute Gasteiger partial charge is 0.497 e. The molecule has 4 heteroatoms. The molecule has 1 aliphatic rings. The smallest absolute Gasteiger partial charge is 0.118 e. The van der Waals surface area contributed by atoms with Crippen molar-refractivity contribution in [2.75, 3.05) is 18.6 Å². The zero-order chi connectivity index (χ0) is 15.0. The number of ether oxygens (including phenoxy) is 1. The number of benzene rings is 2. The van der Waals surface area contributed by atoms with Crippen LogP contribution in [0.1, 0.15) is 11.1 Å². The molecule has 0 bridgehead atoms. The number of para-hydroxylation sites is 1. The van der Waals surface area contributed by atoms with Gasteiger partial charge in [0.2, 0.25) is 0 Å². The fraction of sp³-hybridized carbons (Fsp3) is 0.222. The second-order valence-electron chi connectivity index (χ2n) is 5.29. The van der Waals surface area contributed by atoms with Crippen LogP contribution in [0.15, 0.2) is 54.7 Å². The molecule has 1 saturated heterocycles. The third-order valence-corrected chi connectivity index (χ3v) is 7.61. The molecular weight excluding hydrogens is 310 g/mol. The topological polar surface area (TPSA) is 25.0 Å². The molecule has 0 unspecified atom stereocenters. The van der Waals surface area contributed by atoms with Crippen LogP contribution < -0.4 is 4.74 Å². The number of hydrogen-bond acceptors (Lipinski definition) is 3. The minimum absolute atomic E-state index is 0.0219. The first-order valence-corrected chi connectivity index (χ1v) is 9.30. The van der Waals surface area contributed by atoms with Gasteiger partial charge in [0.15, 0.2) is 0 Å². The summed E-state index contributed by atoms with van der Waals surface area (Å²) in [6.07, 6.45) is 2.18. The number of thioether (sulfide) groups is 2. The van der Waals surface area contributed by atoms with Crippen molar-refractivity contribution < 1.29 is 4.74 Å². The number of methoxy groups -OCH3 is 1. The van der Waals surface area contributed by atoms with E-state index >= 15 is 0 Å². The van der Waals surface area contributed by atoms with Crippen LogP contribution in [-0.4, -0.2) is 23.6 Å². The Bertz CT molecular complexity index is 788. The predicted octanol–water partition coefficient (Wildman–Crippen LogP) is 4.86. The van der Waals surface area contributed by atoms with Crippen molar-refractivity contribution >= 4 is 34.4 Å². The number of aromatic amines is 1. The molecule has 1 aromatic heterocycles. The third kappa shape index (κ3) is 2.13. The van der Waals surface area contributed by atoms with Crippen LogP contribution in [0, 0.1) is 0 Å². The van der Waals surface area contributed by atoms with Gasteiger partial charge in [0.05, 0.1) is 7.11 Å². The van der Waals surface area contributed by atoms with E-state index in [1.54, 1.807) is 7.11 Å². The highest BCUT2D eigenvalue weighted by Crippen LogP contribution is 2.57. The number of rotatable bonds is 3. The van der Waals surface area contributed by atoms with Crippen molar-refractivity contribution in [1.29, 1.82) is 0 Å².